The van der Waals surface area contributed by atoms with Gasteiger partial charge in [-0.15, -0.1) is 0 Å². The molecule has 4 aromatic heterocycles. The number of amides is 4. The molecular weight excluding hydrogens is 2040 g/mol. The number of pyridine rings is 2. The molecular formula is C69H66BrCl5F17IN22O4S4. The highest BCUT2D eigenvalue weighted by Crippen LogP contribution is 2.36. The third kappa shape index (κ3) is 41.3. The first-order valence-electron chi connectivity index (χ1n) is 32.4. The average molecular weight is 2100 g/mol. The molecule has 4 aromatic carbocycles. The molecule has 0 aliphatic heterocycles. The molecule has 0 saturated carbocycles. The smallest absolute Gasteiger partial charge is 0.390 e. The van der Waals surface area contributed by atoms with Crippen LogP contribution < -0.4 is 44.2 Å². The zero-order valence-corrected chi connectivity index (χ0v) is 74.0. The third-order valence-corrected chi connectivity index (χ3v) is 15.7. The Kier molecular flexibility index (Phi) is 49.0. The van der Waals surface area contributed by atoms with Crippen molar-refractivity contribution in [3.63, 3.8) is 0 Å². The van der Waals surface area contributed by atoms with Crippen LogP contribution in [0.2, 0.25) is 25.1 Å². The number of nitrogens with one attached hydrogen (secondary N) is 4. The molecule has 12 N–H and O–H groups in total. The van der Waals surface area contributed by atoms with Gasteiger partial charge in [0.1, 0.15) is 5.84 Å². The number of hydrogen-bond donors (Lipinski definition) is 8. The second kappa shape index (κ2) is 53.1. The maximum Gasteiger partial charge on any atom is 0.449 e. The molecule has 3 atom stereocenters. The van der Waals surface area contributed by atoms with Crippen molar-refractivity contribution in [2.45, 2.75) is 89.5 Å². The summed E-state index contributed by atoms with van der Waals surface area (Å²) in [6, 6.07) is 14.3. The van der Waals surface area contributed by atoms with Crippen LogP contribution in [0.25, 0.3) is 0 Å². The Morgan fingerprint density at radius 2 is 0.813 bits per heavy atom. The lowest BCUT2D eigenvalue weighted by atomic mass is 10.1. The van der Waals surface area contributed by atoms with Gasteiger partial charge in [-0.05, 0) is 162 Å². The van der Waals surface area contributed by atoms with Crippen molar-refractivity contribution in [1.29, 1.82) is 0 Å². The van der Waals surface area contributed by atoms with E-state index in [0.717, 1.165) is 58.7 Å². The first kappa shape index (κ1) is 114. The summed E-state index contributed by atoms with van der Waals surface area (Å²) >= 11 is 33.5. The number of nitrogens with two attached hydrogens (primary N) is 4. The van der Waals surface area contributed by atoms with Gasteiger partial charge in [0.2, 0.25) is 5.84 Å². The summed E-state index contributed by atoms with van der Waals surface area (Å²) in [6.45, 7) is 5.29. The quantitative estimate of drug-likeness (QED) is 0.0182. The van der Waals surface area contributed by atoms with Crippen LogP contribution in [-0.2, 0) is 24.7 Å². The Hall–Kier alpha value is -9.35. The summed E-state index contributed by atoms with van der Waals surface area (Å²) in [4.78, 5) is 103. The summed E-state index contributed by atoms with van der Waals surface area (Å²) in [7, 11) is 0. The Labute approximate surface area is 762 Å². The fraction of sp³-hybridized carbons (Fsp3) is 0.217. The molecule has 26 nitrogen and oxygen atoms in total. The van der Waals surface area contributed by atoms with Crippen LogP contribution >= 0.6 is 151 Å². The molecule has 0 aliphatic carbocycles. The third-order valence-electron chi connectivity index (χ3n) is 13.5. The van der Waals surface area contributed by atoms with Gasteiger partial charge in [0.05, 0.1) is 75.4 Å². The first-order chi connectivity index (χ1) is 55.4. The zero-order valence-electron chi connectivity index (χ0n) is 62.5. The van der Waals surface area contributed by atoms with Crippen LogP contribution in [0.4, 0.5) is 98.2 Å². The van der Waals surface area contributed by atoms with Gasteiger partial charge in [-0.1, -0.05) is 64.9 Å². The molecule has 0 fully saturated rings. The molecule has 0 bridgehead atoms. The molecule has 0 radical (unpaired) electrons. The van der Waals surface area contributed by atoms with Gasteiger partial charge in [-0.2, -0.15) is 130 Å². The van der Waals surface area contributed by atoms with E-state index in [9.17, 15) is 93.8 Å². The van der Waals surface area contributed by atoms with E-state index in [1.54, 1.807) is 49.0 Å². The molecule has 668 valence electrons. The molecule has 0 spiro atoms. The predicted octanol–water partition coefficient (Wildman–Crippen LogP) is 17.8. The molecule has 0 aliphatic rings. The number of hydrogen-bond acceptors (Lipinski definition) is 14. The molecule has 0 unspecified atom stereocenters. The van der Waals surface area contributed by atoms with Crippen molar-refractivity contribution in [1.82, 2.24) is 51.2 Å². The van der Waals surface area contributed by atoms with Crippen molar-refractivity contribution in [3.8, 4) is 0 Å². The van der Waals surface area contributed by atoms with Crippen LogP contribution in [0.1, 0.15) is 97.8 Å². The monoisotopic (exact) mass is 2100 g/mol. The van der Waals surface area contributed by atoms with Crippen LogP contribution in [0, 0.1) is 3.57 Å². The number of aromatic nitrogens is 6. The van der Waals surface area contributed by atoms with E-state index < -0.39 is 131 Å². The van der Waals surface area contributed by atoms with Gasteiger partial charge in [-0.3, -0.25) is 19.2 Å². The van der Waals surface area contributed by atoms with Crippen LogP contribution in [-0.4, -0.2) is 139 Å². The lowest BCUT2D eigenvalue weighted by Gasteiger charge is -2.16. The number of nitrogens with zero attached hydrogens (tertiary/aromatic N) is 14. The summed E-state index contributed by atoms with van der Waals surface area (Å²) in [5.74, 6) is -4.53. The molecule has 123 heavy (non-hydrogen) atoms. The average Bonchev–Trinajstić information content (AvgIpc) is 1.01. The Balaban J connectivity index is 0.00000154. The lowest BCUT2D eigenvalue weighted by molar-refractivity contribution is -0.138. The number of benzene rings is 4. The molecule has 8 rings (SSSR count). The highest BCUT2D eigenvalue weighted by molar-refractivity contribution is 14.1. The summed E-state index contributed by atoms with van der Waals surface area (Å²) in [5, 5.41) is 8.16. The number of carbonyl (C=O) groups is 4. The summed E-state index contributed by atoms with van der Waals surface area (Å²) in [6.07, 6.45) is -13.7. The maximum atomic E-state index is 13.0. The van der Waals surface area contributed by atoms with Crippen molar-refractivity contribution >= 4 is 246 Å². The zero-order chi connectivity index (χ0) is 89.5. The largest absolute Gasteiger partial charge is 0.449 e. The second-order valence-electron chi connectivity index (χ2n) is 22.6. The lowest BCUT2D eigenvalue weighted by Crippen LogP contribution is -2.40. The predicted molar refractivity (Wildman–Crippen MR) is 469 cm³/mol. The minimum absolute atomic E-state index is 0. The number of carbonyl (C=O) groups excluding carboxylic acids is 4. The van der Waals surface area contributed by atoms with Crippen LogP contribution in [0.3, 0.4) is 0 Å². The Bertz CT molecular complexity index is 4910. The number of aliphatic imine (C=N–C) groups is 8. The van der Waals surface area contributed by atoms with Gasteiger partial charge in [0, 0.05) is 89.5 Å². The highest BCUT2D eigenvalue weighted by atomic mass is 127. The van der Waals surface area contributed by atoms with E-state index >= 15 is 0 Å². The molecule has 4 heterocycles. The van der Waals surface area contributed by atoms with Gasteiger partial charge in [-0.25, -0.2) is 68.6 Å². The Morgan fingerprint density at radius 3 is 1.15 bits per heavy atom. The van der Waals surface area contributed by atoms with Gasteiger partial charge >= 0.3 is 30.9 Å². The maximum absolute atomic E-state index is 13.0. The number of rotatable bonds is 17. The molecule has 4 amide bonds. The minimum atomic E-state index is -4.99. The molecule has 0 saturated heterocycles. The number of alkyl halides is 17. The van der Waals surface area contributed by atoms with Crippen LogP contribution in [0.15, 0.2) is 185 Å². The standard InChI is InChI=1S/C18H13Cl2F6N5O.C17H14ClF3IN5O.C16H13BrClF3N6O.C10H7ClF5NO.C8H11N5.4H2S/c1-8(29-15(32)9-4-10(17(21,22)23)6-12(20)5-9)14(31-16(27)18(24,25)26)30-13-3-2-11(19)7-28-13;1-9(15(25-8-23)27-14-3-2-13(22)7-24-14)26-16(28)10-4-11(17(19,20)21)6-12(18)5-10;1-8(13(25-7-22)27-15-23-5-11(17)6-24-15)26-14(28)9-2-10(16(19,20)21)4-12(18)3-9;11-7-2-5(9(18)17-4-8(12)13)1-6(3-7)10(14,15)16;1-2-7(12-6-9)13-8-10-4-3-5-11-8;;;;/h2-8H,1H3,(H,29,32)(H2,27,28,30,31);2-9H,1H3,(H,26,28)(H2,23,24,25,27);2-8H,1H3,(H,26,28)(H2,22,23,24,25,27);1-3,8H,4H2,(H,17,18);3-6H,2H2,1H3,(H2,9,10,11,12,13);4*1H2/t8-;9-;8-;;;;;;/m000....../s1. The van der Waals surface area contributed by atoms with Gasteiger partial charge < -0.3 is 44.2 Å². The van der Waals surface area contributed by atoms with E-state index in [0.29, 0.717) is 58.8 Å². The highest BCUT2D eigenvalue weighted by Gasteiger charge is 2.37. The van der Waals surface area contributed by atoms with E-state index in [-0.39, 0.29) is 114 Å². The summed E-state index contributed by atoms with van der Waals surface area (Å²) < 4.78 is 217. The fourth-order valence-corrected chi connectivity index (χ4v) is 9.77. The van der Waals surface area contributed by atoms with E-state index in [1.165, 1.54) is 50.9 Å². The summed E-state index contributed by atoms with van der Waals surface area (Å²) in [5.41, 5.74) is 15.0. The number of amidine groups is 5. The van der Waals surface area contributed by atoms with E-state index in [2.05, 4.69) is 124 Å². The van der Waals surface area contributed by atoms with Crippen molar-refractivity contribution in [2.75, 3.05) is 6.54 Å². The normalized spacial score (nSPS) is 12.9. The van der Waals surface area contributed by atoms with Gasteiger partial charge in [0.25, 0.3) is 42.0 Å². The molecule has 54 heteroatoms. The topological polar surface area (TPSA) is 397 Å². The van der Waals surface area contributed by atoms with E-state index in [4.69, 9.17) is 80.9 Å². The van der Waals surface area contributed by atoms with Gasteiger partial charge in [0.15, 0.2) is 29.1 Å². The van der Waals surface area contributed by atoms with Crippen molar-refractivity contribution < 1.29 is 93.8 Å². The van der Waals surface area contributed by atoms with Crippen molar-refractivity contribution in [3.05, 3.63) is 218 Å². The first-order valence-corrected chi connectivity index (χ1v) is 36.1. The SMILES string of the molecule is CCC(N=CN)=Nc1ncccn1.C[C@H](NC(=O)c1cc(Cl)cc(C(F)(F)F)c1)C(=Nc1ccc(Cl)cn1)N=C(N)C(F)(F)F.C[C@H](NC(=O)c1cc(Cl)cc(C(F)(F)F)c1)C(N=CN)=Nc1ccc(I)cn1.C[C@H](NC(=O)c1cc(Cl)cc(C(F)(F)F)c1)C(N=CN)=Nc1ncc(Br)cn1.O=C(NCC(F)F)c1cc(Cl)cc(C(F)(F)F)c1.S.S.S.S. The minimum Gasteiger partial charge on any atom is -0.390 e. The van der Waals surface area contributed by atoms with Crippen LogP contribution in [0.5, 0.6) is 0 Å². The second-order valence-corrected chi connectivity index (χ2v) is 27.0. The molecule has 8 aromatic rings. The van der Waals surface area contributed by atoms with Crippen molar-refractivity contribution in [2.24, 2.45) is 62.9 Å². The number of halogens is 24. The van der Waals surface area contributed by atoms with E-state index in [1.807, 2.05) is 6.92 Å². The Morgan fingerprint density at radius 1 is 0.463 bits per heavy atom. The fourth-order valence-electron chi connectivity index (χ4n) is 8.19.